The van der Waals surface area contributed by atoms with Crippen LogP contribution >= 0.6 is 0 Å². The molecule has 0 saturated heterocycles. The van der Waals surface area contributed by atoms with E-state index in [1.807, 2.05) is 36.5 Å². The van der Waals surface area contributed by atoms with Crippen molar-refractivity contribution in [2.24, 2.45) is 0 Å². The summed E-state index contributed by atoms with van der Waals surface area (Å²) in [6, 6.07) is 20.7. The lowest BCUT2D eigenvalue weighted by molar-refractivity contribution is 0.306. The van der Waals surface area contributed by atoms with Gasteiger partial charge in [-0.1, -0.05) is 30.3 Å². The molecule has 152 valence electrons. The SMILES string of the molecule is O=c1c(-c2cccc(F)c2)coc2cc(OCc3cnn(-c4ccccc4)c3)ccc12. The second-order valence-electron chi connectivity index (χ2n) is 7.06. The Bertz CT molecular complexity index is 1420. The lowest BCUT2D eigenvalue weighted by atomic mass is 10.1. The third-order valence-electron chi connectivity index (χ3n) is 4.94. The van der Waals surface area contributed by atoms with Gasteiger partial charge in [-0.05, 0) is 42.0 Å². The highest BCUT2D eigenvalue weighted by Crippen LogP contribution is 2.24. The second-order valence-corrected chi connectivity index (χ2v) is 7.06. The topological polar surface area (TPSA) is 57.3 Å². The zero-order chi connectivity index (χ0) is 21.2. The van der Waals surface area contributed by atoms with Crippen LogP contribution in [0, 0.1) is 5.82 Å². The van der Waals surface area contributed by atoms with Gasteiger partial charge < -0.3 is 9.15 Å². The molecule has 0 N–H and O–H groups in total. The molecule has 0 spiro atoms. The van der Waals surface area contributed by atoms with Gasteiger partial charge in [-0.2, -0.15) is 5.10 Å². The fraction of sp³-hybridized carbons (Fsp3) is 0.0400. The number of benzene rings is 3. The number of nitrogens with zero attached hydrogens (tertiary/aromatic N) is 2. The van der Waals surface area contributed by atoms with Crippen molar-refractivity contribution in [3.8, 4) is 22.6 Å². The Morgan fingerprint density at radius 3 is 2.71 bits per heavy atom. The summed E-state index contributed by atoms with van der Waals surface area (Å²) in [5.41, 5.74) is 2.85. The van der Waals surface area contributed by atoms with Gasteiger partial charge in [-0.15, -0.1) is 0 Å². The number of hydrogen-bond donors (Lipinski definition) is 0. The third kappa shape index (κ3) is 3.83. The maximum absolute atomic E-state index is 13.5. The molecule has 5 nitrogen and oxygen atoms in total. The number of rotatable bonds is 5. The van der Waals surface area contributed by atoms with E-state index in [0.717, 1.165) is 11.3 Å². The van der Waals surface area contributed by atoms with E-state index < -0.39 is 5.82 Å². The third-order valence-corrected chi connectivity index (χ3v) is 4.94. The van der Waals surface area contributed by atoms with Gasteiger partial charge >= 0.3 is 0 Å². The molecule has 0 saturated carbocycles. The van der Waals surface area contributed by atoms with Crippen LogP contribution in [0.15, 0.2) is 101 Å². The number of fused-ring (bicyclic) bond motifs is 1. The van der Waals surface area contributed by atoms with Crippen LogP contribution in [0.1, 0.15) is 5.56 Å². The van der Waals surface area contributed by atoms with Crippen molar-refractivity contribution in [1.82, 2.24) is 9.78 Å². The average molecular weight is 412 g/mol. The van der Waals surface area contributed by atoms with E-state index in [2.05, 4.69) is 5.10 Å². The molecule has 2 aromatic heterocycles. The lowest BCUT2D eigenvalue weighted by Gasteiger charge is -2.07. The molecule has 2 heterocycles. The molecule has 0 fully saturated rings. The number of para-hydroxylation sites is 1. The van der Waals surface area contributed by atoms with Crippen LogP contribution in [-0.4, -0.2) is 9.78 Å². The zero-order valence-electron chi connectivity index (χ0n) is 16.4. The predicted octanol–water partition coefficient (Wildman–Crippen LogP) is 5.36. The van der Waals surface area contributed by atoms with Crippen molar-refractivity contribution in [3.63, 3.8) is 0 Å². The molecule has 3 aromatic carbocycles. The summed E-state index contributed by atoms with van der Waals surface area (Å²) in [7, 11) is 0. The Morgan fingerprint density at radius 2 is 1.87 bits per heavy atom. The van der Waals surface area contributed by atoms with Gasteiger partial charge in [0.05, 0.1) is 22.8 Å². The molecule has 0 aliphatic rings. The van der Waals surface area contributed by atoms with E-state index in [4.69, 9.17) is 9.15 Å². The van der Waals surface area contributed by atoms with Crippen LogP contribution in [0.3, 0.4) is 0 Å². The molecule has 0 unspecified atom stereocenters. The summed E-state index contributed by atoms with van der Waals surface area (Å²) < 4.78 is 26.8. The molecule has 0 aliphatic carbocycles. The zero-order valence-corrected chi connectivity index (χ0v) is 16.4. The molecule has 0 amide bonds. The van der Waals surface area contributed by atoms with E-state index in [9.17, 15) is 9.18 Å². The first-order valence-electron chi connectivity index (χ1n) is 9.71. The largest absolute Gasteiger partial charge is 0.489 e. The minimum Gasteiger partial charge on any atom is -0.489 e. The maximum atomic E-state index is 13.5. The van der Waals surface area contributed by atoms with Crippen LogP contribution < -0.4 is 10.2 Å². The fourth-order valence-electron chi connectivity index (χ4n) is 3.38. The summed E-state index contributed by atoms with van der Waals surface area (Å²) in [5.74, 6) is 0.165. The minimum atomic E-state index is -0.406. The van der Waals surface area contributed by atoms with Gasteiger partial charge in [-0.3, -0.25) is 4.79 Å². The number of halogens is 1. The van der Waals surface area contributed by atoms with E-state index in [1.54, 1.807) is 41.2 Å². The standard InChI is InChI=1S/C25H17FN2O3/c26-19-6-4-5-18(11-19)23-16-31-24-12-21(9-10-22(24)25(23)29)30-15-17-13-27-28(14-17)20-7-2-1-3-8-20/h1-14,16H,15H2. The van der Waals surface area contributed by atoms with E-state index in [0.29, 0.717) is 34.5 Å². The van der Waals surface area contributed by atoms with Crippen molar-refractivity contribution < 1.29 is 13.5 Å². The molecular weight excluding hydrogens is 395 g/mol. The van der Waals surface area contributed by atoms with Gasteiger partial charge in [0.2, 0.25) is 0 Å². The molecule has 0 bridgehead atoms. The Kier molecular flexibility index (Phi) is 4.80. The summed E-state index contributed by atoms with van der Waals surface area (Å²) in [6.07, 6.45) is 5.01. The molecule has 5 rings (SSSR count). The highest BCUT2D eigenvalue weighted by Gasteiger charge is 2.11. The first-order valence-corrected chi connectivity index (χ1v) is 9.71. The lowest BCUT2D eigenvalue weighted by Crippen LogP contribution is -2.05. The smallest absolute Gasteiger partial charge is 0.200 e. The molecule has 0 radical (unpaired) electrons. The quantitative estimate of drug-likeness (QED) is 0.390. The van der Waals surface area contributed by atoms with E-state index >= 15 is 0 Å². The first-order chi connectivity index (χ1) is 15.2. The van der Waals surface area contributed by atoms with Crippen molar-refractivity contribution >= 4 is 11.0 Å². The van der Waals surface area contributed by atoms with Crippen LogP contribution in [-0.2, 0) is 6.61 Å². The molecular formula is C25H17FN2O3. The highest BCUT2D eigenvalue weighted by atomic mass is 19.1. The van der Waals surface area contributed by atoms with Crippen LogP contribution in [0.2, 0.25) is 0 Å². The van der Waals surface area contributed by atoms with Crippen molar-refractivity contribution in [3.05, 3.63) is 113 Å². The van der Waals surface area contributed by atoms with Gasteiger partial charge in [-0.25, -0.2) is 9.07 Å². The molecule has 5 aromatic rings. The maximum Gasteiger partial charge on any atom is 0.200 e. The first kappa shape index (κ1) is 18.8. The number of hydrogen-bond acceptors (Lipinski definition) is 4. The second kappa shape index (κ2) is 7.91. The van der Waals surface area contributed by atoms with Crippen LogP contribution in [0.25, 0.3) is 27.8 Å². The molecule has 31 heavy (non-hydrogen) atoms. The average Bonchev–Trinajstić information content (AvgIpc) is 3.28. The Labute approximate surface area is 177 Å². The minimum absolute atomic E-state index is 0.220. The Hall–Kier alpha value is -4.19. The summed E-state index contributed by atoms with van der Waals surface area (Å²) in [4.78, 5) is 12.8. The van der Waals surface area contributed by atoms with E-state index in [-0.39, 0.29) is 5.43 Å². The molecule has 0 aliphatic heterocycles. The number of ether oxygens (including phenoxy) is 1. The van der Waals surface area contributed by atoms with Crippen molar-refractivity contribution in [2.75, 3.05) is 0 Å². The highest BCUT2D eigenvalue weighted by molar-refractivity contribution is 5.82. The van der Waals surface area contributed by atoms with Gasteiger partial charge in [0.15, 0.2) is 5.43 Å². The van der Waals surface area contributed by atoms with Crippen molar-refractivity contribution in [1.29, 1.82) is 0 Å². The summed E-state index contributed by atoms with van der Waals surface area (Å²) in [6.45, 7) is 0.323. The normalized spacial score (nSPS) is 11.0. The number of aromatic nitrogens is 2. The summed E-state index contributed by atoms with van der Waals surface area (Å²) in [5, 5.41) is 4.76. The van der Waals surface area contributed by atoms with Crippen LogP contribution in [0.5, 0.6) is 5.75 Å². The Balaban J connectivity index is 1.36. The monoisotopic (exact) mass is 412 g/mol. The molecule has 0 atom stereocenters. The van der Waals surface area contributed by atoms with Crippen LogP contribution in [0.4, 0.5) is 4.39 Å². The molecule has 6 heteroatoms. The predicted molar refractivity (Wildman–Crippen MR) is 116 cm³/mol. The van der Waals surface area contributed by atoms with Gasteiger partial charge in [0.1, 0.15) is 30.0 Å². The fourth-order valence-corrected chi connectivity index (χ4v) is 3.38. The van der Waals surface area contributed by atoms with Gasteiger partial charge in [0.25, 0.3) is 0 Å². The van der Waals surface area contributed by atoms with Crippen molar-refractivity contribution in [2.45, 2.75) is 6.61 Å². The van der Waals surface area contributed by atoms with Gasteiger partial charge in [0, 0.05) is 17.8 Å². The Morgan fingerprint density at radius 1 is 1.00 bits per heavy atom. The van der Waals surface area contributed by atoms with E-state index in [1.165, 1.54) is 18.4 Å². The summed E-state index contributed by atoms with van der Waals surface area (Å²) >= 11 is 0.